The van der Waals surface area contributed by atoms with Gasteiger partial charge < -0.3 is 19.9 Å². The van der Waals surface area contributed by atoms with Gasteiger partial charge in [0.1, 0.15) is 11.3 Å². The first-order valence-electron chi connectivity index (χ1n) is 14.6. The van der Waals surface area contributed by atoms with Crippen LogP contribution in [0.25, 0.3) is 32.8 Å². The highest BCUT2D eigenvalue weighted by Gasteiger charge is 2.34. The third-order valence-corrected chi connectivity index (χ3v) is 8.66. The minimum Gasteiger partial charge on any atom is -0.463 e. The number of ether oxygens (including phenoxy) is 1. The molecule has 0 saturated carbocycles. The molecule has 6 nitrogen and oxygen atoms in total. The number of nitrogens with one attached hydrogen (secondary N) is 1. The van der Waals surface area contributed by atoms with Crippen molar-refractivity contribution < 1.29 is 9.13 Å². The fraction of sp³-hybridized carbons (Fsp3) is 0.438. The lowest BCUT2D eigenvalue weighted by Gasteiger charge is -2.34. The van der Waals surface area contributed by atoms with E-state index < -0.39 is 0 Å². The Bertz CT molecular complexity index is 1470. The van der Waals surface area contributed by atoms with E-state index in [0.717, 1.165) is 53.6 Å². The summed E-state index contributed by atoms with van der Waals surface area (Å²) in [5.41, 5.74) is 1.76. The third kappa shape index (κ3) is 4.94. The lowest BCUT2D eigenvalue weighted by molar-refractivity contribution is 0.201. The minimum absolute atomic E-state index is 0.274. The Morgan fingerprint density at radius 3 is 2.49 bits per heavy atom. The molecule has 0 amide bonds. The van der Waals surface area contributed by atoms with Crippen LogP contribution in [0.2, 0.25) is 0 Å². The molecule has 7 rings (SSSR count). The predicted molar refractivity (Wildman–Crippen MR) is 155 cm³/mol. The van der Waals surface area contributed by atoms with Crippen molar-refractivity contribution in [2.45, 2.75) is 50.6 Å². The summed E-state index contributed by atoms with van der Waals surface area (Å²) in [6.45, 7) is 5.61. The van der Waals surface area contributed by atoms with Crippen LogP contribution in [-0.2, 0) is 0 Å². The van der Waals surface area contributed by atoms with Gasteiger partial charge in [-0.15, -0.1) is 0 Å². The van der Waals surface area contributed by atoms with Crippen LogP contribution in [-0.4, -0.2) is 66.3 Å². The van der Waals surface area contributed by atoms with Crippen molar-refractivity contribution in [3.05, 3.63) is 60.4 Å². The molecular formula is C32H36FN5O. The molecule has 2 bridgehead atoms. The van der Waals surface area contributed by atoms with E-state index in [2.05, 4.69) is 32.2 Å². The van der Waals surface area contributed by atoms with Gasteiger partial charge in [-0.05, 0) is 67.6 Å². The van der Waals surface area contributed by atoms with Gasteiger partial charge in [-0.2, -0.15) is 9.97 Å². The first-order valence-corrected chi connectivity index (χ1v) is 14.6. The van der Waals surface area contributed by atoms with Crippen molar-refractivity contribution in [3.8, 4) is 17.1 Å². The van der Waals surface area contributed by atoms with E-state index in [1.807, 2.05) is 42.5 Å². The molecule has 1 aromatic heterocycles. The zero-order valence-electron chi connectivity index (χ0n) is 22.4. The normalized spacial score (nSPS) is 21.6. The summed E-state index contributed by atoms with van der Waals surface area (Å²) in [5.74, 6) is 0.469. The molecule has 0 aliphatic carbocycles. The molecular weight excluding hydrogens is 489 g/mol. The second-order valence-electron chi connectivity index (χ2n) is 11.3. The first-order chi connectivity index (χ1) is 19.2. The fourth-order valence-corrected chi connectivity index (χ4v) is 6.70. The summed E-state index contributed by atoms with van der Waals surface area (Å²) in [6.07, 6.45) is 7.15. The molecule has 4 heterocycles. The highest BCUT2D eigenvalue weighted by Crippen LogP contribution is 2.37. The number of benzene rings is 3. The molecule has 2 atom stereocenters. The van der Waals surface area contributed by atoms with Gasteiger partial charge in [-0.3, -0.25) is 0 Å². The molecule has 3 aliphatic rings. The average Bonchev–Trinajstić information content (AvgIpc) is 3.32. The van der Waals surface area contributed by atoms with Crippen molar-refractivity contribution in [2.75, 3.05) is 44.2 Å². The van der Waals surface area contributed by atoms with Crippen LogP contribution in [0, 0.1) is 5.82 Å². The van der Waals surface area contributed by atoms with Crippen molar-refractivity contribution in [1.82, 2.24) is 20.2 Å². The number of halogens is 1. The molecule has 0 spiro atoms. The van der Waals surface area contributed by atoms with Crippen molar-refractivity contribution in [3.63, 3.8) is 0 Å². The van der Waals surface area contributed by atoms with Crippen LogP contribution in [0.5, 0.6) is 6.01 Å². The van der Waals surface area contributed by atoms with Crippen LogP contribution >= 0.6 is 0 Å². The number of nitrogens with zero attached hydrogens (tertiary/aromatic N) is 4. The highest BCUT2D eigenvalue weighted by atomic mass is 19.1. The molecule has 4 aromatic rings. The Hall–Kier alpha value is -3.29. The average molecular weight is 526 g/mol. The lowest BCUT2D eigenvalue weighted by Crippen LogP contribution is -2.51. The smallest absolute Gasteiger partial charge is 0.319 e. The number of piperazine rings is 1. The quantitative estimate of drug-likeness (QED) is 0.309. The van der Waals surface area contributed by atoms with E-state index in [1.165, 1.54) is 45.2 Å². The molecule has 3 saturated heterocycles. The monoisotopic (exact) mass is 525 g/mol. The maximum Gasteiger partial charge on any atom is 0.319 e. The fourth-order valence-electron chi connectivity index (χ4n) is 6.70. The van der Waals surface area contributed by atoms with E-state index in [1.54, 1.807) is 0 Å². The van der Waals surface area contributed by atoms with Crippen LogP contribution in [0.1, 0.15) is 38.5 Å². The van der Waals surface area contributed by atoms with E-state index >= 15 is 4.39 Å². The van der Waals surface area contributed by atoms with Gasteiger partial charge in [-0.1, -0.05) is 55.0 Å². The van der Waals surface area contributed by atoms with Gasteiger partial charge in [0.25, 0.3) is 0 Å². The summed E-state index contributed by atoms with van der Waals surface area (Å²) in [5, 5.41) is 6.56. The number of rotatable bonds is 7. The Kier molecular flexibility index (Phi) is 6.79. The van der Waals surface area contributed by atoms with Gasteiger partial charge in [0.2, 0.25) is 0 Å². The molecule has 2 unspecified atom stereocenters. The van der Waals surface area contributed by atoms with Gasteiger partial charge in [0.05, 0.1) is 6.61 Å². The summed E-state index contributed by atoms with van der Waals surface area (Å²) >= 11 is 0. The Balaban J connectivity index is 1.25. The molecule has 3 aliphatic heterocycles. The number of fused-ring (bicyclic) bond motifs is 4. The van der Waals surface area contributed by atoms with E-state index in [0.29, 0.717) is 29.8 Å². The van der Waals surface area contributed by atoms with Gasteiger partial charge >= 0.3 is 6.01 Å². The number of hydrogen-bond acceptors (Lipinski definition) is 6. The molecule has 3 fully saturated rings. The van der Waals surface area contributed by atoms with Gasteiger partial charge in [0, 0.05) is 42.7 Å². The van der Waals surface area contributed by atoms with E-state index in [9.17, 15) is 0 Å². The number of likely N-dealkylation sites (tertiary alicyclic amines) is 1. The molecule has 39 heavy (non-hydrogen) atoms. The van der Waals surface area contributed by atoms with Crippen molar-refractivity contribution in [2.24, 2.45) is 0 Å². The Morgan fingerprint density at radius 2 is 1.64 bits per heavy atom. The molecule has 1 N–H and O–H groups in total. The molecule has 0 radical (unpaired) electrons. The summed E-state index contributed by atoms with van der Waals surface area (Å²) in [6, 6.07) is 19.2. The molecule has 202 valence electrons. The largest absolute Gasteiger partial charge is 0.463 e. The summed E-state index contributed by atoms with van der Waals surface area (Å²) in [4.78, 5) is 14.4. The predicted octanol–water partition coefficient (Wildman–Crippen LogP) is 5.78. The van der Waals surface area contributed by atoms with Gasteiger partial charge in [0.15, 0.2) is 5.82 Å². The molecule has 7 heteroatoms. The van der Waals surface area contributed by atoms with Gasteiger partial charge in [-0.25, -0.2) is 4.39 Å². The summed E-state index contributed by atoms with van der Waals surface area (Å²) in [7, 11) is 0. The lowest BCUT2D eigenvalue weighted by atomic mass is 9.97. The van der Waals surface area contributed by atoms with Crippen LogP contribution in [0.3, 0.4) is 0 Å². The SMILES string of the molecule is Fc1c(-c2cccc3ccccc23)ccc2c(N3CC4CCC(C3)N4)nc(OCCCN3CCCCC3)nc12. The topological polar surface area (TPSA) is 53.5 Å². The number of aromatic nitrogens is 2. The maximum atomic E-state index is 16.4. The Morgan fingerprint density at radius 1 is 0.846 bits per heavy atom. The van der Waals surface area contributed by atoms with Crippen molar-refractivity contribution in [1.29, 1.82) is 0 Å². The standard InChI is InChI=1S/C32H36FN5O/c33-29-27(26-11-6-9-22-8-2-3-10-25(22)26)14-15-28-30(29)35-32(39-19-7-18-37-16-4-1-5-17-37)36-31(28)38-20-23-12-13-24(21-38)34-23/h2-3,6,8-11,14-15,23-24,34H,1,4-5,7,12-13,16-21H2. The second-order valence-corrected chi connectivity index (χ2v) is 11.3. The highest BCUT2D eigenvalue weighted by molar-refractivity contribution is 6.00. The minimum atomic E-state index is -0.316. The Labute approximate surface area is 229 Å². The van der Waals surface area contributed by atoms with E-state index in [-0.39, 0.29) is 11.8 Å². The van der Waals surface area contributed by atoms with Crippen molar-refractivity contribution >= 4 is 27.5 Å². The molecule has 3 aromatic carbocycles. The number of piperidine rings is 1. The summed E-state index contributed by atoms with van der Waals surface area (Å²) < 4.78 is 22.5. The van der Waals surface area contributed by atoms with Crippen LogP contribution in [0.15, 0.2) is 54.6 Å². The second kappa shape index (κ2) is 10.7. The number of hydrogen-bond donors (Lipinski definition) is 1. The van der Waals surface area contributed by atoms with Crippen LogP contribution in [0.4, 0.5) is 10.2 Å². The maximum absolute atomic E-state index is 16.4. The van der Waals surface area contributed by atoms with Crippen LogP contribution < -0.4 is 15.0 Å². The van der Waals surface area contributed by atoms with E-state index in [4.69, 9.17) is 9.72 Å². The zero-order chi connectivity index (χ0) is 26.2. The zero-order valence-corrected chi connectivity index (χ0v) is 22.4. The first kappa shape index (κ1) is 24.7. The number of anilines is 1. The third-order valence-electron chi connectivity index (χ3n) is 8.66.